The van der Waals surface area contributed by atoms with E-state index in [4.69, 9.17) is 9.47 Å². The number of aliphatic hydroxyl groups is 1. The third-order valence-corrected chi connectivity index (χ3v) is 9.82. The molecule has 250 valence electrons. The Labute approximate surface area is 274 Å². The third-order valence-electron chi connectivity index (χ3n) is 8.42. The predicted octanol–water partition coefficient (Wildman–Crippen LogP) is 5.72. The van der Waals surface area contributed by atoms with Crippen molar-refractivity contribution in [2.75, 3.05) is 38.1 Å². The first kappa shape index (κ1) is 35.4. The summed E-state index contributed by atoms with van der Waals surface area (Å²) in [6, 6.07) is 21.2. The van der Waals surface area contributed by atoms with Crippen molar-refractivity contribution in [3.8, 4) is 5.75 Å². The van der Waals surface area contributed by atoms with Crippen LogP contribution in [0, 0.1) is 12.8 Å². The van der Waals surface area contributed by atoms with Crippen molar-refractivity contribution in [2.24, 2.45) is 5.92 Å². The normalized spacial score (nSPS) is 20.8. The van der Waals surface area contributed by atoms with E-state index in [-0.39, 0.29) is 46.8 Å². The van der Waals surface area contributed by atoms with E-state index < -0.39 is 16.1 Å². The van der Waals surface area contributed by atoms with E-state index in [1.54, 1.807) is 48.2 Å². The van der Waals surface area contributed by atoms with Gasteiger partial charge in [0.2, 0.25) is 0 Å². The minimum atomic E-state index is -3.90. The molecule has 9 nitrogen and oxygen atoms in total. The van der Waals surface area contributed by atoms with Crippen LogP contribution in [0.3, 0.4) is 0 Å². The van der Waals surface area contributed by atoms with Gasteiger partial charge in [-0.3, -0.25) is 14.4 Å². The maximum absolute atomic E-state index is 14.4. The van der Waals surface area contributed by atoms with Gasteiger partial charge in [-0.15, -0.1) is 0 Å². The molecule has 46 heavy (non-hydrogen) atoms. The molecule has 1 aliphatic rings. The molecule has 1 aliphatic heterocycles. The molecule has 4 rings (SSSR count). The average Bonchev–Trinajstić information content (AvgIpc) is 3.03. The molecular formula is C36H49N3O6S. The van der Waals surface area contributed by atoms with E-state index in [1.165, 1.54) is 11.6 Å². The van der Waals surface area contributed by atoms with E-state index in [0.717, 1.165) is 31.4 Å². The lowest BCUT2D eigenvalue weighted by atomic mass is 10.0. The fourth-order valence-corrected chi connectivity index (χ4v) is 6.70. The number of anilines is 1. The minimum Gasteiger partial charge on any atom is -0.490 e. The SMILES string of the molecule is Cc1ccc(S(=O)(=O)Nc2ccc3c(c2)C(=O)N([C@@H](C)CO)C[C@H](C)[C@H](CN(C)Cc2ccccc2)OCCCC[C@H](C)O3)cc1. The smallest absolute Gasteiger partial charge is 0.261 e. The summed E-state index contributed by atoms with van der Waals surface area (Å²) in [5.41, 5.74) is 2.64. The monoisotopic (exact) mass is 651 g/mol. The van der Waals surface area contributed by atoms with Crippen LogP contribution in [0.4, 0.5) is 5.69 Å². The standard InChI is InChI=1S/C36H49N3O6S/c1-26-14-17-32(18-15-26)46(42,43)37-31-16-19-34-33(21-31)36(41)39(28(3)25-40)22-27(2)35(44-20-10-9-11-29(4)45-34)24-38(5)23-30-12-7-6-8-13-30/h6-8,12-19,21,27-29,35,37,40H,9-11,20,22-25H2,1-5H3/t27-,28-,29-,35-/m0/s1. The Kier molecular flexibility index (Phi) is 12.6. The van der Waals surface area contributed by atoms with Crippen molar-refractivity contribution >= 4 is 21.6 Å². The summed E-state index contributed by atoms with van der Waals surface area (Å²) >= 11 is 0. The topological polar surface area (TPSA) is 108 Å². The van der Waals surface area contributed by atoms with Crippen LogP contribution >= 0.6 is 0 Å². The highest BCUT2D eigenvalue weighted by Crippen LogP contribution is 2.29. The second kappa shape index (κ2) is 16.4. The van der Waals surface area contributed by atoms with Gasteiger partial charge in [-0.2, -0.15) is 0 Å². The van der Waals surface area contributed by atoms with Crippen LogP contribution in [-0.2, 0) is 21.3 Å². The summed E-state index contributed by atoms with van der Waals surface area (Å²) in [4.78, 5) is 18.4. The summed E-state index contributed by atoms with van der Waals surface area (Å²) in [6.45, 7) is 9.88. The molecule has 10 heteroatoms. The molecule has 1 amide bonds. The largest absolute Gasteiger partial charge is 0.490 e. The Bertz CT molecular complexity index is 1520. The van der Waals surface area contributed by atoms with Gasteiger partial charge in [0.25, 0.3) is 15.9 Å². The van der Waals surface area contributed by atoms with Crippen molar-refractivity contribution in [2.45, 2.75) is 76.6 Å². The number of rotatable bonds is 9. The van der Waals surface area contributed by atoms with E-state index in [2.05, 4.69) is 35.7 Å². The number of nitrogens with zero attached hydrogens (tertiary/aromatic N) is 2. The van der Waals surface area contributed by atoms with E-state index in [1.807, 2.05) is 32.0 Å². The quantitative estimate of drug-likeness (QED) is 0.305. The number of benzene rings is 3. The zero-order valence-corrected chi connectivity index (χ0v) is 28.5. The van der Waals surface area contributed by atoms with Gasteiger partial charge in [0, 0.05) is 37.8 Å². The number of nitrogens with one attached hydrogen (secondary N) is 1. The van der Waals surface area contributed by atoms with Gasteiger partial charge in [0.05, 0.1) is 35.3 Å². The van der Waals surface area contributed by atoms with Gasteiger partial charge in [-0.1, -0.05) is 55.0 Å². The number of ether oxygens (including phenoxy) is 2. The van der Waals surface area contributed by atoms with Crippen molar-refractivity contribution < 1.29 is 27.8 Å². The average molecular weight is 652 g/mol. The maximum Gasteiger partial charge on any atom is 0.261 e. The van der Waals surface area contributed by atoms with Crippen molar-refractivity contribution in [1.82, 2.24) is 9.80 Å². The maximum atomic E-state index is 14.4. The predicted molar refractivity (Wildman–Crippen MR) is 182 cm³/mol. The van der Waals surface area contributed by atoms with Crippen molar-refractivity contribution in [3.05, 3.63) is 89.5 Å². The molecule has 0 aromatic heterocycles. The zero-order chi connectivity index (χ0) is 33.3. The highest BCUT2D eigenvalue weighted by molar-refractivity contribution is 7.92. The molecule has 1 heterocycles. The van der Waals surface area contributed by atoms with Crippen LogP contribution in [0.5, 0.6) is 5.75 Å². The molecule has 0 bridgehead atoms. The number of likely N-dealkylation sites (N-methyl/N-ethyl adjacent to an activating group) is 1. The van der Waals surface area contributed by atoms with Crippen molar-refractivity contribution in [1.29, 1.82) is 0 Å². The summed E-state index contributed by atoms with van der Waals surface area (Å²) in [6.07, 6.45) is 2.21. The number of hydrogen-bond donors (Lipinski definition) is 2. The molecule has 3 aromatic carbocycles. The Morgan fingerprint density at radius 3 is 2.46 bits per heavy atom. The summed E-state index contributed by atoms with van der Waals surface area (Å²) in [7, 11) is -1.82. The number of sulfonamides is 1. The van der Waals surface area contributed by atoms with Gasteiger partial charge < -0.3 is 19.5 Å². The highest BCUT2D eigenvalue weighted by atomic mass is 32.2. The second-order valence-electron chi connectivity index (χ2n) is 12.6. The molecule has 0 spiro atoms. The number of aryl methyl sites for hydroxylation is 1. The summed E-state index contributed by atoms with van der Waals surface area (Å²) < 4.78 is 41.8. The van der Waals surface area contributed by atoms with Crippen LogP contribution in [0.15, 0.2) is 77.7 Å². The van der Waals surface area contributed by atoms with E-state index in [9.17, 15) is 18.3 Å². The Hall–Kier alpha value is -3.44. The van der Waals surface area contributed by atoms with E-state index in [0.29, 0.717) is 25.4 Å². The van der Waals surface area contributed by atoms with Crippen LogP contribution < -0.4 is 9.46 Å². The Balaban J connectivity index is 1.64. The molecule has 0 saturated carbocycles. The molecule has 0 saturated heterocycles. The minimum absolute atomic E-state index is 0.0642. The first-order valence-corrected chi connectivity index (χ1v) is 17.6. The lowest BCUT2D eigenvalue weighted by Crippen LogP contribution is -2.47. The number of fused-ring (bicyclic) bond motifs is 1. The Morgan fingerprint density at radius 2 is 1.76 bits per heavy atom. The molecule has 0 radical (unpaired) electrons. The van der Waals surface area contributed by atoms with Gasteiger partial charge in [-0.05, 0) is 83.0 Å². The first-order chi connectivity index (χ1) is 22.0. The first-order valence-electron chi connectivity index (χ1n) is 16.1. The van der Waals surface area contributed by atoms with Gasteiger partial charge in [0.1, 0.15) is 5.75 Å². The highest BCUT2D eigenvalue weighted by Gasteiger charge is 2.30. The van der Waals surface area contributed by atoms with Gasteiger partial charge >= 0.3 is 0 Å². The van der Waals surface area contributed by atoms with Crippen LogP contribution in [0.2, 0.25) is 0 Å². The fourth-order valence-electron chi connectivity index (χ4n) is 5.65. The number of carbonyl (C=O) groups is 1. The lowest BCUT2D eigenvalue weighted by molar-refractivity contribution is -0.0177. The van der Waals surface area contributed by atoms with Crippen molar-refractivity contribution in [3.63, 3.8) is 0 Å². The summed E-state index contributed by atoms with van der Waals surface area (Å²) in [5.74, 6) is -0.0305. The number of aliphatic hydroxyl groups excluding tert-OH is 1. The van der Waals surface area contributed by atoms with Gasteiger partial charge in [0.15, 0.2) is 0 Å². The molecular weight excluding hydrogens is 602 g/mol. The molecule has 4 atom stereocenters. The zero-order valence-electron chi connectivity index (χ0n) is 27.7. The summed E-state index contributed by atoms with van der Waals surface area (Å²) in [5, 5.41) is 10.2. The van der Waals surface area contributed by atoms with E-state index >= 15 is 0 Å². The molecule has 0 aliphatic carbocycles. The van der Waals surface area contributed by atoms with Crippen LogP contribution in [-0.4, -0.2) is 80.8 Å². The van der Waals surface area contributed by atoms with Crippen LogP contribution in [0.1, 0.15) is 61.5 Å². The number of hydrogen-bond acceptors (Lipinski definition) is 7. The second-order valence-corrected chi connectivity index (χ2v) is 14.3. The van der Waals surface area contributed by atoms with Crippen LogP contribution in [0.25, 0.3) is 0 Å². The molecule has 0 unspecified atom stereocenters. The molecule has 3 aromatic rings. The number of carbonyl (C=O) groups excluding carboxylic acids is 1. The molecule has 0 fully saturated rings. The fraction of sp³-hybridized carbons (Fsp3) is 0.472. The van der Waals surface area contributed by atoms with Gasteiger partial charge in [-0.25, -0.2) is 8.42 Å². The third kappa shape index (κ3) is 9.78. The Morgan fingerprint density at radius 1 is 1.04 bits per heavy atom. The number of amides is 1. The molecule has 2 N–H and O–H groups in total. The lowest BCUT2D eigenvalue weighted by Gasteiger charge is -2.36.